The lowest BCUT2D eigenvalue weighted by Crippen LogP contribution is -2.37. The van der Waals surface area contributed by atoms with Crippen LogP contribution in [0.5, 0.6) is 5.75 Å². The van der Waals surface area contributed by atoms with Crippen molar-refractivity contribution >= 4 is 5.91 Å². The number of methoxy groups -OCH3 is 1. The molecule has 2 aromatic rings. The molecule has 0 unspecified atom stereocenters. The van der Waals surface area contributed by atoms with Crippen LogP contribution in [0.2, 0.25) is 0 Å². The number of hydrogen-bond donors (Lipinski definition) is 3. The van der Waals surface area contributed by atoms with Crippen molar-refractivity contribution in [3.8, 4) is 17.0 Å². The molecule has 23 heavy (non-hydrogen) atoms. The van der Waals surface area contributed by atoms with Crippen LogP contribution in [-0.2, 0) is 0 Å². The molecule has 1 aromatic heterocycles. The molecule has 1 heterocycles. The Balaban J connectivity index is 2.03. The molecule has 124 valence electrons. The van der Waals surface area contributed by atoms with Gasteiger partial charge in [0.25, 0.3) is 5.91 Å². The second kappa shape index (κ2) is 8.33. The Morgan fingerprint density at radius 2 is 2.13 bits per heavy atom. The summed E-state index contributed by atoms with van der Waals surface area (Å²) >= 11 is 0. The third-order valence-electron chi connectivity index (χ3n) is 3.67. The van der Waals surface area contributed by atoms with Crippen LogP contribution in [0.4, 0.5) is 0 Å². The number of aromatic nitrogens is 2. The summed E-state index contributed by atoms with van der Waals surface area (Å²) in [5.41, 5.74) is 1.96. The predicted molar refractivity (Wildman–Crippen MR) is 88.4 cm³/mol. The normalized spacial score (nSPS) is 12.0. The van der Waals surface area contributed by atoms with Crippen molar-refractivity contribution in [1.82, 2.24) is 15.5 Å². The highest BCUT2D eigenvalue weighted by Crippen LogP contribution is 2.21. The first-order valence-corrected chi connectivity index (χ1v) is 7.79. The number of H-pyrrole nitrogens is 1. The van der Waals surface area contributed by atoms with E-state index in [1.165, 1.54) is 0 Å². The molecule has 0 aliphatic carbocycles. The molecule has 6 nitrogen and oxygen atoms in total. The quantitative estimate of drug-likeness (QED) is 0.697. The van der Waals surface area contributed by atoms with Crippen LogP contribution in [0, 0.1) is 0 Å². The van der Waals surface area contributed by atoms with Gasteiger partial charge in [-0.2, -0.15) is 5.10 Å². The Hall–Kier alpha value is -2.34. The first-order chi connectivity index (χ1) is 11.2. The number of carbonyl (C=O) groups excluding carboxylic acids is 1. The van der Waals surface area contributed by atoms with Gasteiger partial charge in [0.15, 0.2) is 0 Å². The number of aliphatic hydroxyl groups is 1. The number of benzene rings is 1. The Morgan fingerprint density at radius 1 is 1.39 bits per heavy atom. The summed E-state index contributed by atoms with van der Waals surface area (Å²) < 4.78 is 5.12. The molecular weight excluding hydrogens is 294 g/mol. The molecule has 0 aliphatic rings. The van der Waals surface area contributed by atoms with Crippen molar-refractivity contribution in [2.75, 3.05) is 13.7 Å². The molecule has 0 bridgehead atoms. The van der Waals surface area contributed by atoms with Gasteiger partial charge in [0, 0.05) is 5.56 Å². The van der Waals surface area contributed by atoms with Gasteiger partial charge < -0.3 is 15.2 Å². The molecule has 1 atom stereocenters. The van der Waals surface area contributed by atoms with Gasteiger partial charge in [-0.05, 0) is 36.8 Å². The van der Waals surface area contributed by atoms with E-state index in [-0.39, 0.29) is 18.6 Å². The van der Waals surface area contributed by atoms with Gasteiger partial charge in [-0.3, -0.25) is 9.89 Å². The van der Waals surface area contributed by atoms with Crippen LogP contribution < -0.4 is 10.1 Å². The Labute approximate surface area is 135 Å². The van der Waals surface area contributed by atoms with Crippen LogP contribution >= 0.6 is 0 Å². The van der Waals surface area contributed by atoms with Crippen LogP contribution in [0.1, 0.15) is 36.7 Å². The van der Waals surface area contributed by atoms with Crippen molar-refractivity contribution in [2.45, 2.75) is 32.2 Å². The van der Waals surface area contributed by atoms with Crippen molar-refractivity contribution in [3.63, 3.8) is 0 Å². The molecule has 1 aromatic carbocycles. The third-order valence-corrected chi connectivity index (χ3v) is 3.67. The van der Waals surface area contributed by atoms with Crippen molar-refractivity contribution < 1.29 is 14.6 Å². The molecule has 0 saturated heterocycles. The number of rotatable bonds is 8. The SMILES string of the molecule is CCCC[C@@H](CO)NC(=O)c1cc(-c2ccc(OC)cc2)n[nH]1. The fourth-order valence-corrected chi connectivity index (χ4v) is 2.27. The van der Waals surface area contributed by atoms with E-state index in [1.54, 1.807) is 13.2 Å². The number of aliphatic hydroxyl groups excluding tert-OH is 1. The molecule has 0 radical (unpaired) electrons. The van der Waals surface area contributed by atoms with Gasteiger partial charge in [-0.15, -0.1) is 0 Å². The van der Waals surface area contributed by atoms with E-state index in [2.05, 4.69) is 22.4 Å². The Kier molecular flexibility index (Phi) is 6.17. The minimum atomic E-state index is -0.257. The monoisotopic (exact) mass is 317 g/mol. The molecule has 0 saturated carbocycles. The largest absolute Gasteiger partial charge is 0.497 e. The second-order valence-corrected chi connectivity index (χ2v) is 5.39. The summed E-state index contributed by atoms with van der Waals surface area (Å²) in [4.78, 5) is 12.2. The standard InChI is InChI=1S/C17H23N3O3/c1-3-4-5-13(11-21)18-17(22)16-10-15(19-20-16)12-6-8-14(23-2)9-7-12/h6-10,13,21H,3-5,11H2,1-2H3,(H,18,22)(H,19,20)/t13-/m0/s1. The molecule has 2 rings (SSSR count). The zero-order valence-corrected chi connectivity index (χ0v) is 13.5. The zero-order valence-electron chi connectivity index (χ0n) is 13.5. The van der Waals surface area contributed by atoms with Crippen LogP contribution in [0.3, 0.4) is 0 Å². The Bertz CT molecular complexity index is 622. The number of hydrogen-bond acceptors (Lipinski definition) is 4. The number of carbonyl (C=O) groups is 1. The highest BCUT2D eigenvalue weighted by molar-refractivity contribution is 5.93. The van der Waals surface area contributed by atoms with Gasteiger partial charge in [0.2, 0.25) is 0 Å². The molecule has 6 heteroatoms. The van der Waals surface area contributed by atoms with E-state index in [1.807, 2.05) is 24.3 Å². The maximum Gasteiger partial charge on any atom is 0.269 e. The lowest BCUT2D eigenvalue weighted by molar-refractivity contribution is 0.0907. The highest BCUT2D eigenvalue weighted by atomic mass is 16.5. The fraction of sp³-hybridized carbons (Fsp3) is 0.412. The number of nitrogens with one attached hydrogen (secondary N) is 2. The van der Waals surface area contributed by atoms with Crippen molar-refractivity contribution in [2.24, 2.45) is 0 Å². The number of amides is 1. The molecule has 0 spiro atoms. The second-order valence-electron chi connectivity index (χ2n) is 5.39. The molecule has 1 amide bonds. The van der Waals surface area contributed by atoms with Gasteiger partial charge in [0.05, 0.1) is 25.5 Å². The predicted octanol–water partition coefficient (Wildman–Crippen LogP) is 2.37. The summed E-state index contributed by atoms with van der Waals surface area (Å²) in [6.07, 6.45) is 2.75. The van der Waals surface area contributed by atoms with Crippen molar-refractivity contribution in [1.29, 1.82) is 0 Å². The van der Waals surface area contributed by atoms with E-state index in [0.717, 1.165) is 30.6 Å². The molecule has 0 fully saturated rings. The summed E-state index contributed by atoms with van der Waals surface area (Å²) in [5.74, 6) is 0.511. The molecule has 0 aliphatic heterocycles. The average molecular weight is 317 g/mol. The van der Waals surface area contributed by atoms with Gasteiger partial charge >= 0.3 is 0 Å². The third kappa shape index (κ3) is 4.56. The van der Waals surface area contributed by atoms with E-state index >= 15 is 0 Å². The number of aromatic amines is 1. The maximum absolute atomic E-state index is 12.2. The summed E-state index contributed by atoms with van der Waals surface area (Å²) in [6.45, 7) is 2.01. The van der Waals surface area contributed by atoms with Gasteiger partial charge in [0.1, 0.15) is 11.4 Å². The van der Waals surface area contributed by atoms with E-state index in [4.69, 9.17) is 4.74 Å². The van der Waals surface area contributed by atoms with Gasteiger partial charge in [-0.1, -0.05) is 19.8 Å². The van der Waals surface area contributed by atoms with Crippen LogP contribution in [-0.4, -0.2) is 41.0 Å². The molecular formula is C17H23N3O3. The highest BCUT2D eigenvalue weighted by Gasteiger charge is 2.15. The van der Waals surface area contributed by atoms with Crippen LogP contribution in [0.15, 0.2) is 30.3 Å². The van der Waals surface area contributed by atoms with Crippen molar-refractivity contribution in [3.05, 3.63) is 36.0 Å². The number of nitrogens with zero attached hydrogens (tertiary/aromatic N) is 1. The lowest BCUT2D eigenvalue weighted by Gasteiger charge is -2.14. The van der Waals surface area contributed by atoms with Gasteiger partial charge in [-0.25, -0.2) is 0 Å². The average Bonchev–Trinajstić information content (AvgIpc) is 3.08. The summed E-state index contributed by atoms with van der Waals surface area (Å²) in [7, 11) is 1.61. The smallest absolute Gasteiger partial charge is 0.269 e. The molecule has 3 N–H and O–H groups in total. The summed E-state index contributed by atoms with van der Waals surface area (Å²) in [5, 5.41) is 19.1. The lowest BCUT2D eigenvalue weighted by atomic mass is 10.1. The fourth-order valence-electron chi connectivity index (χ4n) is 2.27. The number of unbranched alkanes of at least 4 members (excludes halogenated alkanes) is 1. The van der Waals surface area contributed by atoms with E-state index in [0.29, 0.717) is 11.4 Å². The van der Waals surface area contributed by atoms with Crippen LogP contribution in [0.25, 0.3) is 11.3 Å². The first kappa shape index (κ1) is 17.0. The Morgan fingerprint density at radius 3 is 2.74 bits per heavy atom. The maximum atomic E-state index is 12.2. The number of ether oxygens (including phenoxy) is 1. The van der Waals surface area contributed by atoms with E-state index in [9.17, 15) is 9.90 Å². The zero-order chi connectivity index (χ0) is 16.7. The first-order valence-electron chi connectivity index (χ1n) is 7.79. The summed E-state index contributed by atoms with van der Waals surface area (Å²) in [6, 6.07) is 8.93. The van der Waals surface area contributed by atoms with E-state index < -0.39 is 0 Å². The minimum absolute atomic E-state index is 0.0643. The topological polar surface area (TPSA) is 87.2 Å². The minimum Gasteiger partial charge on any atom is -0.497 e.